The maximum absolute atomic E-state index is 12.9. The summed E-state index contributed by atoms with van der Waals surface area (Å²) in [7, 11) is 4.34. The first-order valence-electron chi connectivity index (χ1n) is 15.9. The van der Waals surface area contributed by atoms with Gasteiger partial charge in [-0.3, -0.25) is 10.1 Å². The van der Waals surface area contributed by atoms with Gasteiger partial charge in [0.15, 0.2) is 0 Å². The number of likely N-dealkylation sites (N-methyl/N-ethyl adjacent to an activating group) is 2. The number of aromatic nitrogens is 2. The number of nitrogens with two attached hydrogens (primary N) is 1. The number of anilines is 3. The van der Waals surface area contributed by atoms with Crippen molar-refractivity contribution in [3.05, 3.63) is 93.8 Å². The van der Waals surface area contributed by atoms with Crippen LogP contribution in [-0.4, -0.2) is 64.0 Å². The molecule has 248 valence electrons. The molecular weight excluding hydrogens is 607 g/mol. The van der Waals surface area contributed by atoms with Gasteiger partial charge < -0.3 is 30.8 Å². The Bertz CT molecular complexity index is 1880. The first-order valence-corrected chi connectivity index (χ1v) is 15.9. The summed E-state index contributed by atoms with van der Waals surface area (Å²) >= 11 is 0. The fourth-order valence-corrected chi connectivity index (χ4v) is 6.89. The molecule has 2 aromatic heterocycles. The molecular formula is C35H40F3N7O2. The minimum absolute atomic E-state index is 0.0139. The highest BCUT2D eigenvalue weighted by atomic mass is 19.4. The number of hydrogen-bond acceptors (Lipinski definition) is 6. The topological polar surface area (TPSA) is 119 Å². The van der Waals surface area contributed by atoms with Crippen LogP contribution in [0, 0.1) is 10.1 Å². The Morgan fingerprint density at radius 3 is 1.98 bits per heavy atom. The number of likely N-dealkylation sites (tertiary alicyclic amines) is 2. The summed E-state index contributed by atoms with van der Waals surface area (Å²) in [6.07, 6.45) is 6.43. The molecule has 5 N–H and O–H groups in total. The van der Waals surface area contributed by atoms with Crippen molar-refractivity contribution in [1.82, 2.24) is 19.8 Å². The lowest BCUT2D eigenvalue weighted by Gasteiger charge is -2.18. The number of nitrogens with one attached hydrogen (secondary N) is 3. The third kappa shape index (κ3) is 7.23. The highest BCUT2D eigenvalue weighted by Gasteiger charge is 2.33. The molecule has 0 aliphatic carbocycles. The van der Waals surface area contributed by atoms with Gasteiger partial charge in [-0.2, -0.15) is 13.2 Å². The normalized spacial score (nSPS) is 18.9. The van der Waals surface area contributed by atoms with Crippen molar-refractivity contribution in [2.45, 2.75) is 56.8 Å². The number of fused-ring (bicyclic) bond motifs is 2. The van der Waals surface area contributed by atoms with Crippen molar-refractivity contribution in [1.29, 1.82) is 0 Å². The number of alkyl halides is 3. The molecule has 0 amide bonds. The number of benzene rings is 3. The van der Waals surface area contributed by atoms with Gasteiger partial charge in [-0.15, -0.1) is 0 Å². The Morgan fingerprint density at radius 1 is 0.872 bits per heavy atom. The number of nitro benzene ring substituents is 1. The molecule has 2 fully saturated rings. The molecule has 2 unspecified atom stereocenters. The minimum Gasteiger partial charge on any atom is -0.399 e. The molecule has 2 saturated heterocycles. The summed E-state index contributed by atoms with van der Waals surface area (Å²) < 4.78 is 38.8. The second kappa shape index (κ2) is 13.3. The molecule has 7 rings (SSSR count). The van der Waals surface area contributed by atoms with E-state index < -0.39 is 22.4 Å². The standard InChI is InChI=1S/C21H21F3N4O2.C14H19N3/c1-27-8-2-3-16(27)9-13-12-25-18-7-5-15(11-17(13)18)26-19-6-4-14(21(22,23)24)10-20(19)28(29)30;1-17-6-2-3-12(17)7-10-9-16-14-5-4-11(15)8-13(10)14/h4-7,10-12,16,25-26H,2-3,8-9H2,1H3;4-5,8-9,12,16H,2-3,6-7,15H2,1H3. The maximum atomic E-state index is 12.9. The first kappa shape index (κ1) is 32.4. The van der Waals surface area contributed by atoms with Gasteiger partial charge in [-0.05, 0) is 125 Å². The Balaban J connectivity index is 0.000000191. The van der Waals surface area contributed by atoms with E-state index in [1.807, 2.05) is 24.4 Å². The van der Waals surface area contributed by atoms with Gasteiger partial charge in [0.2, 0.25) is 0 Å². The van der Waals surface area contributed by atoms with E-state index in [2.05, 4.69) is 57.5 Å². The van der Waals surface area contributed by atoms with Crippen LogP contribution in [0.5, 0.6) is 0 Å². The number of nitrogens with zero attached hydrogens (tertiary/aromatic N) is 3. The predicted molar refractivity (Wildman–Crippen MR) is 181 cm³/mol. The number of nitrogen functional groups attached to an aromatic ring is 1. The van der Waals surface area contributed by atoms with E-state index in [1.165, 1.54) is 42.3 Å². The van der Waals surface area contributed by atoms with Gasteiger partial charge >= 0.3 is 6.18 Å². The van der Waals surface area contributed by atoms with Crippen LogP contribution >= 0.6 is 0 Å². The predicted octanol–water partition coefficient (Wildman–Crippen LogP) is 7.86. The number of hydrogen-bond donors (Lipinski definition) is 4. The van der Waals surface area contributed by atoms with Crippen molar-refractivity contribution < 1.29 is 18.1 Å². The van der Waals surface area contributed by atoms with E-state index in [0.29, 0.717) is 23.8 Å². The van der Waals surface area contributed by atoms with E-state index in [0.717, 1.165) is 60.1 Å². The largest absolute Gasteiger partial charge is 0.416 e. The minimum atomic E-state index is -4.64. The fourth-order valence-electron chi connectivity index (χ4n) is 6.89. The van der Waals surface area contributed by atoms with Crippen LogP contribution in [0.25, 0.3) is 21.8 Å². The summed E-state index contributed by atoms with van der Waals surface area (Å²) in [6.45, 7) is 2.31. The number of rotatable bonds is 7. The average Bonchev–Trinajstić information content (AvgIpc) is 3.83. The van der Waals surface area contributed by atoms with Gasteiger partial charge in [0.25, 0.3) is 5.69 Å². The van der Waals surface area contributed by atoms with E-state index in [4.69, 9.17) is 5.73 Å². The lowest BCUT2D eigenvalue weighted by Crippen LogP contribution is -2.26. The molecule has 2 aliphatic heterocycles. The van der Waals surface area contributed by atoms with Crippen LogP contribution < -0.4 is 11.1 Å². The van der Waals surface area contributed by atoms with Crippen molar-refractivity contribution >= 4 is 44.6 Å². The molecule has 2 aliphatic rings. The highest BCUT2D eigenvalue weighted by Crippen LogP contribution is 2.37. The van der Waals surface area contributed by atoms with Crippen molar-refractivity contribution in [3.63, 3.8) is 0 Å². The lowest BCUT2D eigenvalue weighted by atomic mass is 10.0. The van der Waals surface area contributed by atoms with E-state index >= 15 is 0 Å². The molecule has 12 heteroatoms. The highest BCUT2D eigenvalue weighted by molar-refractivity contribution is 5.88. The van der Waals surface area contributed by atoms with E-state index in [1.54, 1.807) is 6.07 Å². The van der Waals surface area contributed by atoms with Crippen LogP contribution in [0.1, 0.15) is 42.4 Å². The molecule has 0 bridgehead atoms. The second-order valence-corrected chi connectivity index (χ2v) is 12.8. The zero-order valence-electron chi connectivity index (χ0n) is 26.5. The monoisotopic (exact) mass is 647 g/mol. The number of halogens is 3. The second-order valence-electron chi connectivity index (χ2n) is 12.8. The molecule has 0 spiro atoms. The van der Waals surface area contributed by atoms with Gasteiger partial charge in [0, 0.05) is 63.7 Å². The van der Waals surface area contributed by atoms with Crippen LogP contribution in [0.4, 0.5) is 35.9 Å². The molecule has 2 atom stereocenters. The Morgan fingerprint density at radius 2 is 1.45 bits per heavy atom. The zero-order valence-corrected chi connectivity index (χ0v) is 26.5. The SMILES string of the molecule is CN1CCCC1Cc1c[nH]c2ccc(N)cc12.CN1CCCC1Cc1c[nH]c2ccc(Nc3ccc(C(F)(F)F)cc3[N+](=O)[O-])cc12. The third-order valence-electron chi connectivity index (χ3n) is 9.61. The first-order chi connectivity index (χ1) is 22.5. The van der Waals surface area contributed by atoms with E-state index in [-0.39, 0.29) is 5.69 Å². The molecule has 0 radical (unpaired) electrons. The lowest BCUT2D eigenvalue weighted by molar-refractivity contribution is -0.384. The van der Waals surface area contributed by atoms with Crippen molar-refractivity contribution in [2.24, 2.45) is 0 Å². The average molecular weight is 648 g/mol. The van der Waals surface area contributed by atoms with Crippen LogP contribution in [-0.2, 0) is 19.0 Å². The maximum Gasteiger partial charge on any atom is 0.416 e. The van der Waals surface area contributed by atoms with Crippen molar-refractivity contribution in [3.8, 4) is 0 Å². The summed E-state index contributed by atoms with van der Waals surface area (Å²) in [4.78, 5) is 21.9. The summed E-state index contributed by atoms with van der Waals surface area (Å²) in [5.74, 6) is 0. The Labute approximate surface area is 271 Å². The third-order valence-corrected chi connectivity index (χ3v) is 9.61. The quantitative estimate of drug-likeness (QED) is 0.0811. The molecule has 0 saturated carbocycles. The Kier molecular flexibility index (Phi) is 9.16. The summed E-state index contributed by atoms with van der Waals surface area (Å²) in [6, 6.07) is 15.2. The van der Waals surface area contributed by atoms with Gasteiger partial charge in [-0.1, -0.05) is 0 Å². The van der Waals surface area contributed by atoms with Crippen LogP contribution in [0.2, 0.25) is 0 Å². The van der Waals surface area contributed by atoms with E-state index in [9.17, 15) is 23.3 Å². The van der Waals surface area contributed by atoms with Crippen LogP contribution in [0.15, 0.2) is 67.0 Å². The van der Waals surface area contributed by atoms with Gasteiger partial charge in [0.05, 0.1) is 10.5 Å². The molecule has 4 heterocycles. The van der Waals surface area contributed by atoms with Gasteiger partial charge in [-0.25, -0.2) is 0 Å². The summed E-state index contributed by atoms with van der Waals surface area (Å²) in [5.41, 5.74) is 10.3. The fraction of sp³-hybridized carbons (Fsp3) is 0.371. The Hall–Kier alpha value is -4.55. The number of aromatic amines is 2. The summed E-state index contributed by atoms with van der Waals surface area (Å²) in [5, 5.41) is 16.5. The molecule has 9 nitrogen and oxygen atoms in total. The molecule has 3 aromatic carbocycles. The number of nitro groups is 1. The molecule has 47 heavy (non-hydrogen) atoms. The smallest absolute Gasteiger partial charge is 0.399 e. The zero-order chi connectivity index (χ0) is 33.3. The number of H-pyrrole nitrogens is 2. The van der Waals surface area contributed by atoms with Crippen LogP contribution in [0.3, 0.4) is 0 Å². The van der Waals surface area contributed by atoms with Gasteiger partial charge in [0.1, 0.15) is 5.69 Å². The molecule has 5 aromatic rings. The van der Waals surface area contributed by atoms with Crippen molar-refractivity contribution in [2.75, 3.05) is 38.2 Å².